The van der Waals surface area contributed by atoms with E-state index in [2.05, 4.69) is 11.4 Å². The molecule has 202 valence electrons. The first-order valence-corrected chi connectivity index (χ1v) is 12.2. The van der Waals surface area contributed by atoms with Crippen LogP contribution < -0.4 is 36.8 Å². The lowest BCUT2D eigenvalue weighted by Gasteiger charge is -2.26. The molecule has 0 atom stereocenters. The van der Waals surface area contributed by atoms with Crippen LogP contribution >= 0.6 is 0 Å². The SMILES string of the molecule is COc1cc(C(=O)Nc2ccc3c(c2)N(C(=O)CCN(C)C)c2ccccc2CC3)cc(OC)c1OC.[Cl-]. The molecule has 1 heterocycles. The summed E-state index contributed by atoms with van der Waals surface area (Å²) in [7, 11) is 8.43. The number of para-hydroxylation sites is 1. The molecule has 1 N–H and O–H groups in total. The van der Waals surface area contributed by atoms with Gasteiger partial charge in [0.15, 0.2) is 11.5 Å². The second-order valence-corrected chi connectivity index (χ2v) is 9.12. The highest BCUT2D eigenvalue weighted by Crippen LogP contribution is 2.40. The zero-order valence-electron chi connectivity index (χ0n) is 22.3. The van der Waals surface area contributed by atoms with Gasteiger partial charge in [-0.25, -0.2) is 0 Å². The van der Waals surface area contributed by atoms with E-state index in [1.165, 1.54) is 21.3 Å². The van der Waals surface area contributed by atoms with Crippen LogP contribution in [0.15, 0.2) is 54.6 Å². The van der Waals surface area contributed by atoms with E-state index in [-0.39, 0.29) is 24.2 Å². The Hall–Kier alpha value is -3.75. The third-order valence-electron chi connectivity index (χ3n) is 6.43. The number of hydrogen-bond acceptors (Lipinski definition) is 6. The summed E-state index contributed by atoms with van der Waals surface area (Å²) in [6.45, 7) is 0.643. The second kappa shape index (κ2) is 12.7. The van der Waals surface area contributed by atoms with Crippen LogP contribution in [-0.4, -0.2) is 58.7 Å². The molecule has 8 nitrogen and oxygen atoms in total. The molecule has 0 aliphatic carbocycles. The van der Waals surface area contributed by atoms with Gasteiger partial charge in [0, 0.05) is 24.2 Å². The topological polar surface area (TPSA) is 80.3 Å². The van der Waals surface area contributed by atoms with Gasteiger partial charge in [-0.1, -0.05) is 24.3 Å². The van der Waals surface area contributed by atoms with Crippen molar-refractivity contribution < 1.29 is 36.2 Å². The molecule has 38 heavy (non-hydrogen) atoms. The predicted molar refractivity (Wildman–Crippen MR) is 145 cm³/mol. The summed E-state index contributed by atoms with van der Waals surface area (Å²) in [5.74, 6) is 0.875. The Kier molecular flexibility index (Phi) is 9.61. The maximum absolute atomic E-state index is 13.5. The maximum atomic E-state index is 13.5. The Morgan fingerprint density at radius 1 is 0.868 bits per heavy atom. The molecule has 0 saturated heterocycles. The maximum Gasteiger partial charge on any atom is 0.255 e. The minimum atomic E-state index is -0.335. The summed E-state index contributed by atoms with van der Waals surface area (Å²) in [5, 5.41) is 2.97. The van der Waals surface area contributed by atoms with Crippen LogP contribution in [0.5, 0.6) is 17.2 Å². The third-order valence-corrected chi connectivity index (χ3v) is 6.43. The molecule has 0 saturated carbocycles. The number of halogens is 1. The van der Waals surface area contributed by atoms with E-state index in [9.17, 15) is 9.59 Å². The van der Waals surface area contributed by atoms with E-state index in [1.54, 1.807) is 17.0 Å². The monoisotopic (exact) mass is 538 g/mol. The molecule has 3 aromatic rings. The number of aryl methyl sites for hydroxylation is 2. The molecule has 0 fully saturated rings. The molecule has 1 aliphatic heterocycles. The third kappa shape index (κ3) is 6.03. The number of carbonyl (C=O) groups excluding carboxylic acids is 2. The summed E-state index contributed by atoms with van der Waals surface area (Å²) in [5.41, 5.74) is 4.80. The smallest absolute Gasteiger partial charge is 0.255 e. The van der Waals surface area contributed by atoms with Crippen molar-refractivity contribution in [3.8, 4) is 17.2 Å². The highest BCUT2D eigenvalue weighted by Gasteiger charge is 2.26. The Morgan fingerprint density at radius 2 is 1.50 bits per heavy atom. The van der Waals surface area contributed by atoms with Crippen LogP contribution in [0, 0.1) is 0 Å². The van der Waals surface area contributed by atoms with Gasteiger partial charge in [0.25, 0.3) is 5.91 Å². The first-order valence-electron chi connectivity index (χ1n) is 12.2. The molecule has 0 unspecified atom stereocenters. The molecule has 1 aliphatic rings. The van der Waals surface area contributed by atoms with Crippen molar-refractivity contribution >= 4 is 28.9 Å². The average Bonchev–Trinajstić information content (AvgIpc) is 3.07. The molecule has 3 aromatic carbocycles. The van der Waals surface area contributed by atoms with E-state index in [1.807, 2.05) is 55.4 Å². The van der Waals surface area contributed by atoms with Crippen LogP contribution in [0.25, 0.3) is 0 Å². The predicted octanol–water partition coefficient (Wildman–Crippen LogP) is 1.68. The molecule has 4 rings (SSSR count). The van der Waals surface area contributed by atoms with E-state index < -0.39 is 0 Å². The van der Waals surface area contributed by atoms with E-state index in [0.717, 1.165) is 35.3 Å². The van der Waals surface area contributed by atoms with Crippen molar-refractivity contribution in [1.82, 2.24) is 4.90 Å². The van der Waals surface area contributed by atoms with Crippen molar-refractivity contribution in [2.75, 3.05) is 52.2 Å². The summed E-state index contributed by atoms with van der Waals surface area (Å²) in [4.78, 5) is 30.5. The van der Waals surface area contributed by atoms with Gasteiger partial charge in [0.05, 0.1) is 32.7 Å². The van der Waals surface area contributed by atoms with Crippen molar-refractivity contribution in [1.29, 1.82) is 0 Å². The van der Waals surface area contributed by atoms with Gasteiger partial charge in [-0.05, 0) is 68.4 Å². The molecule has 9 heteroatoms. The molecule has 0 aromatic heterocycles. The second-order valence-electron chi connectivity index (χ2n) is 9.12. The zero-order valence-corrected chi connectivity index (χ0v) is 23.1. The Morgan fingerprint density at radius 3 is 2.11 bits per heavy atom. The van der Waals surface area contributed by atoms with Crippen molar-refractivity contribution in [2.24, 2.45) is 0 Å². The van der Waals surface area contributed by atoms with Crippen LogP contribution in [0.3, 0.4) is 0 Å². The number of carbonyl (C=O) groups is 2. The summed E-state index contributed by atoms with van der Waals surface area (Å²) in [6.07, 6.45) is 2.01. The average molecular weight is 539 g/mol. The molecular weight excluding hydrogens is 506 g/mol. The van der Waals surface area contributed by atoms with Gasteiger partial charge in [0.1, 0.15) is 0 Å². The number of benzene rings is 3. The Bertz CT molecular complexity index is 1290. The van der Waals surface area contributed by atoms with Gasteiger partial charge < -0.3 is 36.8 Å². The molecular formula is C29H33ClN3O5-. The fraction of sp³-hybridized carbons (Fsp3) is 0.310. The van der Waals surface area contributed by atoms with Crippen molar-refractivity contribution in [2.45, 2.75) is 19.3 Å². The largest absolute Gasteiger partial charge is 1.00 e. The Labute approximate surface area is 229 Å². The summed E-state index contributed by atoms with van der Waals surface area (Å²) < 4.78 is 16.1. The number of amides is 2. The van der Waals surface area contributed by atoms with Crippen LogP contribution in [0.4, 0.5) is 17.1 Å². The van der Waals surface area contributed by atoms with Crippen LogP contribution in [-0.2, 0) is 17.6 Å². The number of fused-ring (bicyclic) bond motifs is 2. The number of nitrogens with zero attached hydrogens (tertiary/aromatic N) is 2. The highest BCUT2D eigenvalue weighted by molar-refractivity contribution is 6.07. The lowest BCUT2D eigenvalue weighted by molar-refractivity contribution is -0.118. The molecule has 0 spiro atoms. The van der Waals surface area contributed by atoms with Gasteiger partial charge in [-0.3, -0.25) is 14.5 Å². The fourth-order valence-electron chi connectivity index (χ4n) is 4.52. The zero-order chi connectivity index (χ0) is 26.5. The molecule has 0 radical (unpaired) electrons. The standard InChI is InChI=1S/C29H33N3O5.ClH/c1-31(2)15-14-27(33)32-23-9-7-6-8-19(23)10-11-20-12-13-22(18-24(20)32)30-29(34)21-16-25(35-3)28(37-5)26(17-21)36-4;/h6-9,12-13,16-18H,10-11,14-15H2,1-5H3,(H,30,34);1H/p-1. The fourth-order valence-corrected chi connectivity index (χ4v) is 4.52. The van der Waals surface area contributed by atoms with E-state index in [0.29, 0.717) is 41.5 Å². The highest BCUT2D eigenvalue weighted by atomic mass is 35.5. The number of ether oxygens (including phenoxy) is 3. The molecule has 2 amide bonds. The first kappa shape index (κ1) is 28.8. The number of anilines is 3. The van der Waals surface area contributed by atoms with Crippen LogP contribution in [0.1, 0.15) is 27.9 Å². The van der Waals surface area contributed by atoms with Gasteiger partial charge in [-0.2, -0.15) is 0 Å². The normalized spacial score (nSPS) is 12.0. The molecule has 0 bridgehead atoms. The van der Waals surface area contributed by atoms with Gasteiger partial charge in [-0.15, -0.1) is 0 Å². The summed E-state index contributed by atoms with van der Waals surface area (Å²) >= 11 is 0. The minimum absolute atomic E-state index is 0. The number of hydrogen-bond donors (Lipinski definition) is 1. The van der Waals surface area contributed by atoms with Gasteiger partial charge in [0.2, 0.25) is 11.7 Å². The van der Waals surface area contributed by atoms with E-state index in [4.69, 9.17) is 14.2 Å². The lowest BCUT2D eigenvalue weighted by atomic mass is 10.0. The van der Waals surface area contributed by atoms with Crippen molar-refractivity contribution in [3.63, 3.8) is 0 Å². The van der Waals surface area contributed by atoms with E-state index >= 15 is 0 Å². The van der Waals surface area contributed by atoms with Crippen LogP contribution in [0.2, 0.25) is 0 Å². The minimum Gasteiger partial charge on any atom is -1.00 e. The number of methoxy groups -OCH3 is 3. The van der Waals surface area contributed by atoms with Gasteiger partial charge >= 0.3 is 0 Å². The van der Waals surface area contributed by atoms with Crippen molar-refractivity contribution in [3.05, 3.63) is 71.3 Å². The first-order chi connectivity index (χ1) is 17.9. The quantitative estimate of drug-likeness (QED) is 0.470. The lowest BCUT2D eigenvalue weighted by Crippen LogP contribution is -3.00. The Balaban J connectivity index is 0.00000400. The number of rotatable bonds is 8. The summed E-state index contributed by atoms with van der Waals surface area (Å²) in [6, 6.07) is 16.9. The number of nitrogens with one attached hydrogen (secondary N) is 1.